The van der Waals surface area contributed by atoms with Gasteiger partial charge in [0.25, 0.3) is 0 Å². The second kappa shape index (κ2) is 8.00. The van der Waals surface area contributed by atoms with Crippen molar-refractivity contribution in [2.45, 2.75) is 45.2 Å². The molecule has 2 aromatic rings. The standard InChI is InChI=1S/C21H26N2O/c1-17-11-13-19(14-12-17)20-10-6-3-7-15-23(20)21(24)22-16-18-8-4-2-5-9-18/h2,4-5,8-9,11-14,20H,3,6-7,10,15-16H2,1H3,(H,22,24)/t20-/m1/s1. The molecule has 0 aliphatic carbocycles. The molecule has 2 aromatic carbocycles. The molecule has 1 saturated heterocycles. The molecule has 0 radical (unpaired) electrons. The third-order valence-corrected chi connectivity index (χ3v) is 4.76. The summed E-state index contributed by atoms with van der Waals surface area (Å²) in [5.41, 5.74) is 3.64. The SMILES string of the molecule is Cc1ccc([C@H]2CCCCCN2C(=O)NCc2ccccc2)cc1. The van der Waals surface area contributed by atoms with E-state index in [1.54, 1.807) is 0 Å². The highest BCUT2D eigenvalue weighted by molar-refractivity contribution is 5.74. The summed E-state index contributed by atoms with van der Waals surface area (Å²) in [6.07, 6.45) is 4.51. The molecule has 3 nitrogen and oxygen atoms in total. The van der Waals surface area contributed by atoms with Crippen molar-refractivity contribution in [2.24, 2.45) is 0 Å². The molecule has 1 atom stereocenters. The van der Waals surface area contributed by atoms with Crippen molar-refractivity contribution < 1.29 is 4.79 Å². The summed E-state index contributed by atoms with van der Waals surface area (Å²) >= 11 is 0. The fourth-order valence-corrected chi connectivity index (χ4v) is 3.36. The first-order valence-corrected chi connectivity index (χ1v) is 8.89. The molecule has 1 aliphatic rings. The predicted molar refractivity (Wildman–Crippen MR) is 97.8 cm³/mol. The second-order valence-electron chi connectivity index (χ2n) is 6.61. The molecule has 3 rings (SSSR count). The summed E-state index contributed by atoms with van der Waals surface area (Å²) in [7, 11) is 0. The monoisotopic (exact) mass is 322 g/mol. The van der Waals surface area contributed by atoms with E-state index in [1.807, 2.05) is 35.2 Å². The Kier molecular flexibility index (Phi) is 5.52. The number of nitrogens with zero attached hydrogens (tertiary/aromatic N) is 1. The summed E-state index contributed by atoms with van der Waals surface area (Å²) in [6.45, 7) is 3.51. The van der Waals surface area contributed by atoms with E-state index in [4.69, 9.17) is 0 Å². The fourth-order valence-electron chi connectivity index (χ4n) is 3.36. The number of urea groups is 1. The van der Waals surface area contributed by atoms with E-state index in [0.29, 0.717) is 6.54 Å². The van der Waals surface area contributed by atoms with Crippen LogP contribution in [-0.2, 0) is 6.54 Å². The van der Waals surface area contributed by atoms with Crippen LogP contribution < -0.4 is 5.32 Å². The van der Waals surface area contributed by atoms with Crippen molar-refractivity contribution >= 4 is 6.03 Å². The minimum absolute atomic E-state index is 0.0475. The van der Waals surface area contributed by atoms with Crippen LogP contribution in [0.5, 0.6) is 0 Å². The van der Waals surface area contributed by atoms with E-state index >= 15 is 0 Å². The maximum absolute atomic E-state index is 12.8. The zero-order chi connectivity index (χ0) is 16.8. The van der Waals surface area contributed by atoms with E-state index < -0.39 is 0 Å². The zero-order valence-electron chi connectivity index (χ0n) is 14.4. The Morgan fingerprint density at radius 2 is 1.79 bits per heavy atom. The topological polar surface area (TPSA) is 32.3 Å². The van der Waals surface area contributed by atoms with Crippen LogP contribution in [0.25, 0.3) is 0 Å². The molecule has 1 fully saturated rings. The van der Waals surface area contributed by atoms with Gasteiger partial charge in [0.2, 0.25) is 0 Å². The number of nitrogens with one attached hydrogen (secondary N) is 1. The van der Waals surface area contributed by atoms with Gasteiger partial charge in [-0.05, 0) is 30.9 Å². The Bertz CT molecular complexity index is 651. The predicted octanol–water partition coefficient (Wildman–Crippen LogP) is 4.82. The number of carbonyl (C=O) groups excluding carboxylic acids is 1. The van der Waals surface area contributed by atoms with Gasteiger partial charge in [0.1, 0.15) is 0 Å². The van der Waals surface area contributed by atoms with E-state index in [2.05, 4.69) is 36.5 Å². The van der Waals surface area contributed by atoms with Crippen LogP contribution in [0.15, 0.2) is 54.6 Å². The second-order valence-corrected chi connectivity index (χ2v) is 6.61. The Morgan fingerprint density at radius 3 is 2.54 bits per heavy atom. The Balaban J connectivity index is 1.71. The highest BCUT2D eigenvalue weighted by Gasteiger charge is 2.26. The third-order valence-electron chi connectivity index (χ3n) is 4.76. The molecule has 0 spiro atoms. The van der Waals surface area contributed by atoms with Gasteiger partial charge in [-0.2, -0.15) is 0 Å². The van der Waals surface area contributed by atoms with Crippen LogP contribution >= 0.6 is 0 Å². The van der Waals surface area contributed by atoms with E-state index in [0.717, 1.165) is 24.9 Å². The quantitative estimate of drug-likeness (QED) is 0.863. The molecule has 0 unspecified atom stereocenters. The summed E-state index contributed by atoms with van der Waals surface area (Å²) < 4.78 is 0. The van der Waals surface area contributed by atoms with Crippen molar-refractivity contribution in [1.82, 2.24) is 10.2 Å². The largest absolute Gasteiger partial charge is 0.334 e. The number of rotatable bonds is 3. The first kappa shape index (κ1) is 16.6. The Morgan fingerprint density at radius 1 is 1.04 bits per heavy atom. The number of hydrogen-bond acceptors (Lipinski definition) is 1. The van der Waals surface area contributed by atoms with Crippen molar-refractivity contribution in [3.8, 4) is 0 Å². The zero-order valence-corrected chi connectivity index (χ0v) is 14.4. The van der Waals surface area contributed by atoms with Gasteiger partial charge in [-0.3, -0.25) is 0 Å². The average Bonchev–Trinajstić information content (AvgIpc) is 2.87. The lowest BCUT2D eigenvalue weighted by Crippen LogP contribution is -2.41. The molecule has 1 heterocycles. The highest BCUT2D eigenvalue weighted by Crippen LogP contribution is 2.30. The smallest absolute Gasteiger partial charge is 0.318 e. The van der Waals surface area contributed by atoms with Crippen molar-refractivity contribution in [1.29, 1.82) is 0 Å². The van der Waals surface area contributed by atoms with Crippen LogP contribution in [0.3, 0.4) is 0 Å². The van der Waals surface area contributed by atoms with Gasteiger partial charge in [0, 0.05) is 13.1 Å². The lowest BCUT2D eigenvalue weighted by Gasteiger charge is -2.30. The average molecular weight is 322 g/mol. The van der Waals surface area contributed by atoms with Crippen LogP contribution in [0.1, 0.15) is 48.4 Å². The van der Waals surface area contributed by atoms with E-state index in [-0.39, 0.29) is 12.1 Å². The van der Waals surface area contributed by atoms with Crippen LogP contribution in [0, 0.1) is 6.92 Å². The molecule has 0 aromatic heterocycles. The van der Waals surface area contributed by atoms with E-state index in [1.165, 1.54) is 24.0 Å². The molecule has 0 saturated carbocycles. The van der Waals surface area contributed by atoms with Gasteiger partial charge in [0.05, 0.1) is 6.04 Å². The molecule has 0 bridgehead atoms. The molecule has 1 N–H and O–H groups in total. The number of likely N-dealkylation sites (tertiary alicyclic amines) is 1. The van der Waals surface area contributed by atoms with Crippen molar-refractivity contribution in [3.63, 3.8) is 0 Å². The highest BCUT2D eigenvalue weighted by atomic mass is 16.2. The Labute approximate surface area is 144 Å². The first-order chi connectivity index (χ1) is 11.7. The summed E-state index contributed by atoms with van der Waals surface area (Å²) in [4.78, 5) is 14.8. The molecular weight excluding hydrogens is 296 g/mol. The maximum Gasteiger partial charge on any atom is 0.318 e. The number of carbonyl (C=O) groups is 1. The molecule has 1 aliphatic heterocycles. The minimum Gasteiger partial charge on any atom is -0.334 e. The van der Waals surface area contributed by atoms with Gasteiger partial charge in [-0.25, -0.2) is 4.79 Å². The molecule has 126 valence electrons. The normalized spacial score (nSPS) is 18.0. The summed E-state index contributed by atoms with van der Waals surface area (Å²) in [5.74, 6) is 0. The lowest BCUT2D eigenvalue weighted by atomic mass is 10.00. The van der Waals surface area contributed by atoms with Crippen LogP contribution in [0.2, 0.25) is 0 Å². The molecule has 3 heteroatoms. The van der Waals surface area contributed by atoms with Crippen LogP contribution in [-0.4, -0.2) is 17.5 Å². The molecular formula is C21H26N2O. The lowest BCUT2D eigenvalue weighted by molar-refractivity contribution is 0.175. The van der Waals surface area contributed by atoms with Crippen LogP contribution in [0.4, 0.5) is 4.79 Å². The van der Waals surface area contributed by atoms with Gasteiger partial charge in [-0.15, -0.1) is 0 Å². The first-order valence-electron chi connectivity index (χ1n) is 8.89. The third kappa shape index (κ3) is 4.16. The van der Waals surface area contributed by atoms with Crippen molar-refractivity contribution in [2.75, 3.05) is 6.54 Å². The number of amides is 2. The number of benzene rings is 2. The maximum atomic E-state index is 12.8. The van der Waals surface area contributed by atoms with Gasteiger partial charge >= 0.3 is 6.03 Å². The van der Waals surface area contributed by atoms with Gasteiger partial charge < -0.3 is 10.2 Å². The molecule has 24 heavy (non-hydrogen) atoms. The fraction of sp³-hybridized carbons (Fsp3) is 0.381. The summed E-state index contributed by atoms with van der Waals surface area (Å²) in [5, 5.41) is 3.09. The molecule has 2 amide bonds. The van der Waals surface area contributed by atoms with E-state index in [9.17, 15) is 4.79 Å². The van der Waals surface area contributed by atoms with Crippen molar-refractivity contribution in [3.05, 3.63) is 71.3 Å². The summed E-state index contributed by atoms with van der Waals surface area (Å²) in [6, 6.07) is 18.9. The number of aryl methyl sites for hydroxylation is 1. The Hall–Kier alpha value is -2.29. The van der Waals surface area contributed by atoms with Gasteiger partial charge in [-0.1, -0.05) is 73.0 Å². The van der Waals surface area contributed by atoms with Gasteiger partial charge in [0.15, 0.2) is 0 Å². The number of hydrogen-bond donors (Lipinski definition) is 1. The minimum atomic E-state index is 0.0475.